The summed E-state index contributed by atoms with van der Waals surface area (Å²) in [6.07, 6.45) is 0. The molecular formula is C8H17N3O. The minimum absolute atomic E-state index is 0.0456. The molecule has 1 saturated heterocycles. The van der Waals surface area contributed by atoms with E-state index in [9.17, 15) is 4.79 Å². The van der Waals surface area contributed by atoms with Gasteiger partial charge in [0.05, 0.1) is 12.1 Å². The number of amides is 1. The molecule has 1 fully saturated rings. The fourth-order valence-electron chi connectivity index (χ4n) is 1.25. The molecule has 1 heterocycles. The fraction of sp³-hybridized carbons (Fsp3) is 0.875. The molecule has 0 aromatic rings. The topological polar surface area (TPSA) is 58.4 Å². The van der Waals surface area contributed by atoms with Gasteiger partial charge in [0, 0.05) is 13.1 Å². The predicted octanol–water partition coefficient (Wildman–Crippen LogP) is -0.846. The van der Waals surface area contributed by atoms with Crippen LogP contribution < -0.4 is 11.1 Å². The van der Waals surface area contributed by atoms with Gasteiger partial charge >= 0.3 is 0 Å². The Hall–Kier alpha value is -0.610. The van der Waals surface area contributed by atoms with E-state index >= 15 is 0 Å². The zero-order valence-corrected chi connectivity index (χ0v) is 7.71. The Kier molecular flexibility index (Phi) is 3.05. The maximum absolute atomic E-state index is 11.1. The van der Waals surface area contributed by atoms with Crippen molar-refractivity contribution in [1.82, 2.24) is 10.2 Å². The lowest BCUT2D eigenvalue weighted by Gasteiger charge is -2.39. The lowest BCUT2D eigenvalue weighted by molar-refractivity contribution is -0.123. The summed E-state index contributed by atoms with van der Waals surface area (Å²) in [6, 6.07) is -0.0656. The average molecular weight is 171 g/mol. The van der Waals surface area contributed by atoms with Crippen LogP contribution in [0.3, 0.4) is 0 Å². The second-order valence-corrected chi connectivity index (χ2v) is 3.35. The number of nitrogens with one attached hydrogen (secondary N) is 1. The second kappa shape index (κ2) is 3.87. The van der Waals surface area contributed by atoms with Crippen LogP contribution in [0.4, 0.5) is 0 Å². The molecule has 0 spiro atoms. The van der Waals surface area contributed by atoms with Crippen LogP contribution in [0, 0.1) is 0 Å². The van der Waals surface area contributed by atoms with Gasteiger partial charge < -0.3 is 11.1 Å². The molecular weight excluding hydrogens is 154 g/mol. The van der Waals surface area contributed by atoms with E-state index in [1.54, 1.807) is 6.92 Å². The number of nitrogens with two attached hydrogens (primary N) is 1. The summed E-state index contributed by atoms with van der Waals surface area (Å²) in [4.78, 5) is 13.4. The van der Waals surface area contributed by atoms with Crippen LogP contribution in [0.25, 0.3) is 0 Å². The van der Waals surface area contributed by atoms with E-state index < -0.39 is 0 Å². The molecule has 0 bridgehead atoms. The minimum Gasteiger partial charge on any atom is -0.349 e. The van der Waals surface area contributed by atoms with Crippen molar-refractivity contribution >= 4 is 5.91 Å². The number of likely N-dealkylation sites (tertiary alicyclic amines) is 1. The molecule has 0 saturated carbocycles. The van der Waals surface area contributed by atoms with E-state index in [-0.39, 0.29) is 11.9 Å². The quantitative estimate of drug-likeness (QED) is 0.582. The van der Waals surface area contributed by atoms with Crippen molar-refractivity contribution in [3.8, 4) is 0 Å². The third kappa shape index (κ3) is 2.19. The van der Waals surface area contributed by atoms with Gasteiger partial charge in [-0.05, 0) is 13.5 Å². The smallest absolute Gasteiger partial charge is 0.236 e. The highest BCUT2D eigenvalue weighted by atomic mass is 16.2. The Morgan fingerprint density at radius 3 is 2.75 bits per heavy atom. The Labute approximate surface area is 73.1 Å². The summed E-state index contributed by atoms with van der Waals surface area (Å²) in [5.41, 5.74) is 5.40. The van der Waals surface area contributed by atoms with E-state index in [2.05, 4.69) is 17.1 Å². The second-order valence-electron chi connectivity index (χ2n) is 3.35. The van der Waals surface area contributed by atoms with E-state index in [1.165, 1.54) is 0 Å². The zero-order valence-electron chi connectivity index (χ0n) is 7.71. The number of hydrogen-bond acceptors (Lipinski definition) is 3. The molecule has 4 nitrogen and oxygen atoms in total. The largest absolute Gasteiger partial charge is 0.349 e. The SMILES string of the molecule is CCN1CC(NC(=O)[C@@H](C)N)C1. The van der Waals surface area contributed by atoms with E-state index in [0.29, 0.717) is 6.04 Å². The molecule has 4 heteroatoms. The van der Waals surface area contributed by atoms with Gasteiger partial charge in [-0.3, -0.25) is 9.69 Å². The number of carbonyl (C=O) groups excluding carboxylic acids is 1. The predicted molar refractivity (Wildman–Crippen MR) is 47.7 cm³/mol. The van der Waals surface area contributed by atoms with Crippen molar-refractivity contribution in [3.05, 3.63) is 0 Å². The first-order valence-corrected chi connectivity index (χ1v) is 4.41. The van der Waals surface area contributed by atoms with Crippen LogP contribution in [-0.2, 0) is 4.79 Å². The fourth-order valence-corrected chi connectivity index (χ4v) is 1.25. The van der Waals surface area contributed by atoms with Crippen LogP contribution in [0.15, 0.2) is 0 Å². The molecule has 0 radical (unpaired) electrons. The van der Waals surface area contributed by atoms with Crippen molar-refractivity contribution in [1.29, 1.82) is 0 Å². The number of nitrogens with zero attached hydrogens (tertiary/aromatic N) is 1. The maximum atomic E-state index is 11.1. The summed E-state index contributed by atoms with van der Waals surface area (Å²) < 4.78 is 0. The van der Waals surface area contributed by atoms with Crippen LogP contribution in [0.1, 0.15) is 13.8 Å². The molecule has 0 aromatic heterocycles. The third-order valence-electron chi connectivity index (χ3n) is 2.16. The first kappa shape index (κ1) is 9.48. The Bertz CT molecular complexity index is 164. The monoisotopic (exact) mass is 171 g/mol. The zero-order chi connectivity index (χ0) is 9.14. The molecule has 1 aliphatic heterocycles. The Morgan fingerprint density at radius 2 is 2.33 bits per heavy atom. The summed E-state index contributed by atoms with van der Waals surface area (Å²) in [6.45, 7) is 6.81. The van der Waals surface area contributed by atoms with Crippen molar-refractivity contribution < 1.29 is 4.79 Å². The summed E-state index contributed by atoms with van der Waals surface area (Å²) in [7, 11) is 0. The van der Waals surface area contributed by atoms with Crippen molar-refractivity contribution in [2.24, 2.45) is 5.73 Å². The molecule has 1 amide bonds. The summed E-state index contributed by atoms with van der Waals surface area (Å²) in [5.74, 6) is -0.0456. The van der Waals surface area contributed by atoms with Gasteiger partial charge in [0.1, 0.15) is 0 Å². The first-order chi connectivity index (χ1) is 5.63. The van der Waals surface area contributed by atoms with Gasteiger partial charge in [-0.25, -0.2) is 0 Å². The molecule has 0 aromatic carbocycles. The number of carbonyl (C=O) groups is 1. The van der Waals surface area contributed by atoms with E-state index in [0.717, 1.165) is 19.6 Å². The summed E-state index contributed by atoms with van der Waals surface area (Å²) >= 11 is 0. The average Bonchev–Trinajstić information content (AvgIpc) is 1.94. The van der Waals surface area contributed by atoms with Crippen LogP contribution in [-0.4, -0.2) is 42.5 Å². The lowest BCUT2D eigenvalue weighted by atomic mass is 10.1. The number of rotatable bonds is 3. The van der Waals surface area contributed by atoms with Gasteiger partial charge in [-0.1, -0.05) is 6.92 Å². The molecule has 0 aliphatic carbocycles. The molecule has 1 rings (SSSR count). The molecule has 1 atom stereocenters. The maximum Gasteiger partial charge on any atom is 0.236 e. The van der Waals surface area contributed by atoms with Crippen molar-refractivity contribution in [2.75, 3.05) is 19.6 Å². The van der Waals surface area contributed by atoms with Crippen LogP contribution in [0.5, 0.6) is 0 Å². The van der Waals surface area contributed by atoms with Gasteiger partial charge in [0.15, 0.2) is 0 Å². The summed E-state index contributed by atoms with van der Waals surface area (Å²) in [5, 5.41) is 2.87. The molecule has 3 N–H and O–H groups in total. The first-order valence-electron chi connectivity index (χ1n) is 4.41. The highest BCUT2D eigenvalue weighted by molar-refractivity contribution is 5.81. The molecule has 1 aliphatic rings. The van der Waals surface area contributed by atoms with Gasteiger partial charge in [0.2, 0.25) is 5.91 Å². The Morgan fingerprint density at radius 1 is 1.75 bits per heavy atom. The highest BCUT2D eigenvalue weighted by Crippen LogP contribution is 2.05. The molecule has 70 valence electrons. The lowest BCUT2D eigenvalue weighted by Crippen LogP contribution is -2.60. The minimum atomic E-state index is -0.388. The van der Waals surface area contributed by atoms with Crippen molar-refractivity contribution in [2.45, 2.75) is 25.9 Å². The molecule has 0 unspecified atom stereocenters. The number of hydrogen-bond donors (Lipinski definition) is 2. The van der Waals surface area contributed by atoms with Crippen LogP contribution in [0.2, 0.25) is 0 Å². The normalized spacial score (nSPS) is 21.6. The van der Waals surface area contributed by atoms with Gasteiger partial charge in [-0.15, -0.1) is 0 Å². The third-order valence-corrected chi connectivity index (χ3v) is 2.16. The van der Waals surface area contributed by atoms with E-state index in [4.69, 9.17) is 5.73 Å². The van der Waals surface area contributed by atoms with Gasteiger partial charge in [-0.2, -0.15) is 0 Å². The standard InChI is InChI=1S/C8H17N3O/c1-3-11-4-7(5-11)10-8(12)6(2)9/h6-7H,3-5,9H2,1-2H3,(H,10,12)/t6-/m1/s1. The Balaban J connectivity index is 2.14. The number of likely N-dealkylation sites (N-methyl/N-ethyl adjacent to an activating group) is 1. The molecule has 12 heavy (non-hydrogen) atoms. The van der Waals surface area contributed by atoms with Crippen molar-refractivity contribution in [3.63, 3.8) is 0 Å². The van der Waals surface area contributed by atoms with Gasteiger partial charge in [0.25, 0.3) is 0 Å². The highest BCUT2D eigenvalue weighted by Gasteiger charge is 2.26. The van der Waals surface area contributed by atoms with Crippen LogP contribution >= 0.6 is 0 Å². The van der Waals surface area contributed by atoms with E-state index in [1.807, 2.05) is 0 Å².